The summed E-state index contributed by atoms with van der Waals surface area (Å²) in [6.07, 6.45) is 5.25. The van der Waals surface area contributed by atoms with Crippen molar-refractivity contribution in [2.75, 3.05) is 6.54 Å². The Morgan fingerprint density at radius 1 is 1.00 bits per heavy atom. The van der Waals surface area contributed by atoms with Crippen molar-refractivity contribution in [2.24, 2.45) is 10.9 Å². The van der Waals surface area contributed by atoms with Crippen LogP contribution in [-0.4, -0.2) is 17.4 Å². The van der Waals surface area contributed by atoms with Crippen LogP contribution in [0.2, 0.25) is 0 Å². The topological polar surface area (TPSA) is 32.6 Å². The molecule has 0 aliphatic carbocycles. The second-order valence-corrected chi connectivity index (χ2v) is 5.04. The van der Waals surface area contributed by atoms with Gasteiger partial charge < -0.3 is 5.11 Å². The summed E-state index contributed by atoms with van der Waals surface area (Å²) >= 11 is 0. The summed E-state index contributed by atoms with van der Waals surface area (Å²) in [7, 11) is 0. The number of hydrogen-bond donors (Lipinski definition) is 1. The molecule has 2 heteroatoms. The molecule has 0 saturated heterocycles. The van der Waals surface area contributed by atoms with Crippen molar-refractivity contribution in [3.05, 3.63) is 71.8 Å². The van der Waals surface area contributed by atoms with Crippen LogP contribution in [0.5, 0.6) is 5.75 Å². The van der Waals surface area contributed by atoms with Crippen molar-refractivity contribution in [3.8, 4) is 5.75 Å². The van der Waals surface area contributed by atoms with Crippen LogP contribution in [0.25, 0.3) is 6.08 Å². The first-order valence-corrected chi connectivity index (χ1v) is 6.88. The maximum Gasteiger partial charge on any atom is 0.124 e. The van der Waals surface area contributed by atoms with Gasteiger partial charge in [-0.15, -0.1) is 0 Å². The van der Waals surface area contributed by atoms with Gasteiger partial charge in [0.2, 0.25) is 0 Å². The predicted octanol–water partition coefficient (Wildman–Crippen LogP) is 3.91. The molecule has 2 aromatic rings. The summed E-state index contributed by atoms with van der Waals surface area (Å²) in [6.45, 7) is 0.799. The molecule has 0 radical (unpaired) electrons. The Kier molecular flexibility index (Phi) is 3.64. The summed E-state index contributed by atoms with van der Waals surface area (Å²) in [5.74, 6) is 0.740. The molecule has 20 heavy (non-hydrogen) atoms. The lowest BCUT2D eigenvalue weighted by Gasteiger charge is -2.05. The number of para-hydroxylation sites is 1. The third kappa shape index (κ3) is 2.80. The summed E-state index contributed by atoms with van der Waals surface area (Å²) in [5.41, 5.74) is 3.08. The minimum Gasteiger partial charge on any atom is -0.507 e. The highest BCUT2D eigenvalue weighted by Crippen LogP contribution is 2.25. The van der Waals surface area contributed by atoms with Gasteiger partial charge in [-0.2, -0.15) is 0 Å². The largest absolute Gasteiger partial charge is 0.507 e. The third-order valence-electron chi connectivity index (χ3n) is 3.55. The Balaban J connectivity index is 1.68. The number of aliphatic imine (C=N–C) groups is 1. The van der Waals surface area contributed by atoms with Gasteiger partial charge in [0.15, 0.2) is 0 Å². The highest BCUT2D eigenvalue weighted by atomic mass is 16.3. The lowest BCUT2D eigenvalue weighted by molar-refractivity contribution is 0.474. The number of aromatic hydroxyl groups is 1. The van der Waals surface area contributed by atoms with Crippen molar-refractivity contribution in [1.29, 1.82) is 0 Å². The van der Waals surface area contributed by atoms with E-state index in [2.05, 4.69) is 29.3 Å². The third-order valence-corrected chi connectivity index (χ3v) is 3.55. The Morgan fingerprint density at radius 3 is 2.55 bits per heavy atom. The average Bonchev–Trinajstić information content (AvgIpc) is 2.95. The van der Waals surface area contributed by atoms with Gasteiger partial charge in [0.25, 0.3) is 0 Å². The Morgan fingerprint density at radius 2 is 1.75 bits per heavy atom. The molecule has 1 aliphatic rings. The van der Waals surface area contributed by atoms with Crippen LogP contribution in [-0.2, 0) is 0 Å². The van der Waals surface area contributed by atoms with Crippen LogP contribution in [0.1, 0.15) is 17.5 Å². The normalized spacial score (nSPS) is 18.4. The van der Waals surface area contributed by atoms with E-state index in [1.54, 1.807) is 6.07 Å². The Hall–Kier alpha value is -2.35. The molecule has 0 saturated carbocycles. The molecule has 0 bridgehead atoms. The molecule has 2 aromatic carbocycles. The summed E-state index contributed by atoms with van der Waals surface area (Å²) in [5, 5.41) is 9.87. The average molecular weight is 263 g/mol. The predicted molar refractivity (Wildman–Crippen MR) is 83.1 cm³/mol. The summed E-state index contributed by atoms with van der Waals surface area (Å²) in [4.78, 5) is 4.57. The van der Waals surface area contributed by atoms with Crippen LogP contribution in [0, 0.1) is 5.92 Å². The number of nitrogens with zero attached hydrogens (tertiary/aromatic N) is 1. The van der Waals surface area contributed by atoms with E-state index in [1.807, 2.05) is 36.4 Å². The highest BCUT2D eigenvalue weighted by molar-refractivity contribution is 6.04. The zero-order valence-corrected chi connectivity index (χ0v) is 11.2. The van der Waals surface area contributed by atoms with Gasteiger partial charge in [0.1, 0.15) is 5.75 Å². The fourth-order valence-electron chi connectivity index (χ4n) is 2.46. The van der Waals surface area contributed by atoms with Crippen LogP contribution in [0.15, 0.2) is 65.7 Å². The van der Waals surface area contributed by atoms with Crippen molar-refractivity contribution in [1.82, 2.24) is 0 Å². The number of benzene rings is 2. The van der Waals surface area contributed by atoms with Crippen molar-refractivity contribution in [3.63, 3.8) is 0 Å². The first kappa shape index (κ1) is 12.7. The lowest BCUT2D eigenvalue weighted by Crippen LogP contribution is -2.00. The molecule has 2 nitrogen and oxygen atoms in total. The molecule has 0 aromatic heterocycles. The molecular weight excluding hydrogens is 246 g/mol. The van der Waals surface area contributed by atoms with E-state index in [-0.39, 0.29) is 0 Å². The van der Waals surface area contributed by atoms with E-state index in [4.69, 9.17) is 0 Å². The minimum absolute atomic E-state index is 0.318. The second-order valence-electron chi connectivity index (χ2n) is 5.04. The molecule has 1 N–H and O–H groups in total. The van der Waals surface area contributed by atoms with E-state index < -0.39 is 0 Å². The molecule has 1 heterocycles. The molecule has 0 fully saturated rings. The van der Waals surface area contributed by atoms with Gasteiger partial charge in [-0.05, 0) is 24.1 Å². The van der Waals surface area contributed by atoms with Crippen LogP contribution >= 0.6 is 0 Å². The molecule has 1 unspecified atom stereocenters. The van der Waals surface area contributed by atoms with E-state index in [1.165, 1.54) is 5.56 Å². The Bertz CT molecular complexity index is 643. The van der Waals surface area contributed by atoms with Crippen LogP contribution in [0.3, 0.4) is 0 Å². The second kappa shape index (κ2) is 5.74. The van der Waals surface area contributed by atoms with Gasteiger partial charge >= 0.3 is 0 Å². The quantitative estimate of drug-likeness (QED) is 0.894. The molecule has 0 amide bonds. The standard InChI is InChI=1S/C18H17NO/c20-18-9-5-4-8-16(18)17-12-15(13-19-17)11-10-14-6-2-1-3-7-14/h1-11,15,20H,12-13H2/b11-10+. The zero-order valence-electron chi connectivity index (χ0n) is 11.2. The van der Waals surface area contributed by atoms with Crippen molar-refractivity contribution >= 4 is 11.8 Å². The van der Waals surface area contributed by atoms with Crippen LogP contribution < -0.4 is 0 Å². The number of phenols is 1. The van der Waals surface area contributed by atoms with E-state index in [9.17, 15) is 5.11 Å². The first-order chi connectivity index (χ1) is 9.83. The van der Waals surface area contributed by atoms with E-state index in [0.717, 1.165) is 24.2 Å². The monoisotopic (exact) mass is 263 g/mol. The minimum atomic E-state index is 0.318. The van der Waals surface area contributed by atoms with Crippen molar-refractivity contribution < 1.29 is 5.11 Å². The zero-order chi connectivity index (χ0) is 13.8. The van der Waals surface area contributed by atoms with Gasteiger partial charge in [-0.3, -0.25) is 4.99 Å². The maximum absolute atomic E-state index is 9.87. The summed E-state index contributed by atoms with van der Waals surface area (Å²) in [6, 6.07) is 17.7. The molecule has 100 valence electrons. The van der Waals surface area contributed by atoms with Gasteiger partial charge in [-0.1, -0.05) is 54.6 Å². The first-order valence-electron chi connectivity index (χ1n) is 6.88. The van der Waals surface area contributed by atoms with Gasteiger partial charge in [0, 0.05) is 23.7 Å². The summed E-state index contributed by atoms with van der Waals surface area (Å²) < 4.78 is 0. The smallest absolute Gasteiger partial charge is 0.124 e. The van der Waals surface area contributed by atoms with E-state index in [0.29, 0.717) is 11.7 Å². The number of hydrogen-bond acceptors (Lipinski definition) is 2. The molecule has 3 rings (SSSR count). The number of phenolic OH excluding ortho intramolecular Hbond substituents is 1. The van der Waals surface area contributed by atoms with Crippen LogP contribution in [0.4, 0.5) is 0 Å². The maximum atomic E-state index is 9.87. The fourth-order valence-corrected chi connectivity index (χ4v) is 2.46. The molecule has 1 aliphatic heterocycles. The SMILES string of the molecule is Oc1ccccc1C1=NCC(/C=C/c2ccccc2)C1. The van der Waals surface area contributed by atoms with Gasteiger partial charge in [-0.25, -0.2) is 0 Å². The van der Waals surface area contributed by atoms with Crippen molar-refractivity contribution in [2.45, 2.75) is 6.42 Å². The van der Waals surface area contributed by atoms with E-state index >= 15 is 0 Å². The molecule has 1 atom stereocenters. The number of rotatable bonds is 3. The lowest BCUT2D eigenvalue weighted by atomic mass is 9.99. The van der Waals surface area contributed by atoms with Gasteiger partial charge in [0.05, 0.1) is 0 Å². The fraction of sp³-hybridized carbons (Fsp3) is 0.167. The molecular formula is C18H17NO. The Labute approximate surface area is 119 Å². The highest BCUT2D eigenvalue weighted by Gasteiger charge is 2.19. The molecule has 0 spiro atoms.